The Balaban J connectivity index is 2.34. The lowest BCUT2D eigenvalue weighted by molar-refractivity contribution is -0.384. The van der Waals surface area contributed by atoms with Gasteiger partial charge in [0.05, 0.1) is 11.0 Å². The van der Waals surface area contributed by atoms with Gasteiger partial charge in [-0.3, -0.25) is 10.1 Å². The van der Waals surface area contributed by atoms with E-state index in [1.165, 1.54) is 6.07 Å². The molecule has 1 atom stereocenters. The first-order valence-electron chi connectivity index (χ1n) is 6.35. The molecular weight excluding hydrogens is 339 g/mol. The van der Waals surface area contributed by atoms with Crippen LogP contribution in [-0.2, 0) is 0 Å². The van der Waals surface area contributed by atoms with Crippen molar-refractivity contribution in [2.75, 3.05) is 5.32 Å². The molecule has 1 unspecified atom stereocenters. The average Bonchev–Trinajstić information content (AvgIpc) is 2.42. The smallest absolute Gasteiger partial charge is 0.295 e. The Bertz CT molecular complexity index is 691. The summed E-state index contributed by atoms with van der Waals surface area (Å²) in [5.41, 5.74) is 1.39. The van der Waals surface area contributed by atoms with Crippen molar-refractivity contribution in [1.82, 2.24) is 0 Å². The van der Waals surface area contributed by atoms with E-state index >= 15 is 0 Å². The first-order valence-corrected chi connectivity index (χ1v) is 7.14. The zero-order valence-corrected chi connectivity index (χ0v) is 13.1. The molecule has 1 N–H and O–H groups in total. The number of hydrogen-bond acceptors (Lipinski definition) is 3. The second-order valence-electron chi connectivity index (χ2n) is 4.80. The largest absolute Gasteiger partial charge is 0.373 e. The SMILES string of the molecule is Cc1cc(NC(C)c2cccc(Br)c2)c([N+](=O)[O-])cc1F. The van der Waals surface area contributed by atoms with E-state index in [4.69, 9.17) is 0 Å². The minimum atomic E-state index is -0.585. The van der Waals surface area contributed by atoms with Crippen molar-refractivity contribution >= 4 is 27.3 Å². The standard InChI is InChI=1S/C15H14BrFN2O2/c1-9-6-14(15(19(20)21)8-13(9)17)18-10(2)11-4-3-5-12(16)7-11/h3-8,10,18H,1-2H3. The highest BCUT2D eigenvalue weighted by molar-refractivity contribution is 9.10. The molecule has 0 spiro atoms. The van der Waals surface area contributed by atoms with Crippen LogP contribution in [0.25, 0.3) is 0 Å². The number of halogens is 2. The van der Waals surface area contributed by atoms with Gasteiger partial charge in [-0.2, -0.15) is 0 Å². The van der Waals surface area contributed by atoms with Crippen molar-refractivity contribution in [3.05, 3.63) is 67.9 Å². The second kappa shape index (κ2) is 6.22. The molecule has 0 aliphatic rings. The summed E-state index contributed by atoms with van der Waals surface area (Å²) in [5, 5.41) is 14.1. The maximum Gasteiger partial charge on any atom is 0.295 e. The minimum Gasteiger partial charge on any atom is -0.373 e. The van der Waals surface area contributed by atoms with Crippen LogP contribution < -0.4 is 5.32 Å². The van der Waals surface area contributed by atoms with Gasteiger partial charge in [-0.05, 0) is 43.2 Å². The first kappa shape index (κ1) is 15.4. The van der Waals surface area contributed by atoms with E-state index in [0.717, 1.165) is 16.1 Å². The molecule has 0 saturated carbocycles. The molecule has 0 bridgehead atoms. The van der Waals surface area contributed by atoms with Crippen molar-refractivity contribution in [1.29, 1.82) is 0 Å². The quantitative estimate of drug-likeness (QED) is 0.623. The Hall–Kier alpha value is -1.95. The topological polar surface area (TPSA) is 55.2 Å². The Kier molecular flexibility index (Phi) is 4.57. The van der Waals surface area contributed by atoms with Crippen LogP contribution >= 0.6 is 15.9 Å². The van der Waals surface area contributed by atoms with Crippen molar-refractivity contribution in [3.8, 4) is 0 Å². The van der Waals surface area contributed by atoms with Gasteiger partial charge in [0.1, 0.15) is 11.5 Å². The molecule has 0 fully saturated rings. The highest BCUT2D eigenvalue weighted by Crippen LogP contribution is 2.31. The van der Waals surface area contributed by atoms with Crippen LogP contribution in [0.2, 0.25) is 0 Å². The molecule has 0 amide bonds. The van der Waals surface area contributed by atoms with Gasteiger partial charge in [-0.15, -0.1) is 0 Å². The zero-order chi connectivity index (χ0) is 15.6. The summed E-state index contributed by atoms with van der Waals surface area (Å²) < 4.78 is 14.4. The monoisotopic (exact) mass is 352 g/mol. The molecule has 0 saturated heterocycles. The molecule has 0 aromatic heterocycles. The summed E-state index contributed by atoms with van der Waals surface area (Å²) in [4.78, 5) is 10.5. The molecule has 110 valence electrons. The number of nitro benzene ring substituents is 1. The number of nitrogens with zero attached hydrogens (tertiary/aromatic N) is 1. The molecule has 2 aromatic carbocycles. The number of anilines is 1. The van der Waals surface area contributed by atoms with E-state index in [-0.39, 0.29) is 11.7 Å². The van der Waals surface area contributed by atoms with Crippen molar-refractivity contribution in [2.45, 2.75) is 19.9 Å². The maximum absolute atomic E-state index is 13.5. The average molecular weight is 353 g/mol. The predicted octanol–water partition coefficient (Wildman–Crippen LogP) is 4.98. The fourth-order valence-corrected chi connectivity index (χ4v) is 2.45. The lowest BCUT2D eigenvalue weighted by atomic mass is 10.1. The molecule has 0 heterocycles. The van der Waals surface area contributed by atoms with Gasteiger partial charge in [0.2, 0.25) is 0 Å². The van der Waals surface area contributed by atoms with Crippen LogP contribution in [0.1, 0.15) is 24.1 Å². The van der Waals surface area contributed by atoms with Gasteiger partial charge < -0.3 is 5.32 Å². The molecule has 6 heteroatoms. The molecular formula is C15H14BrFN2O2. The Morgan fingerprint density at radius 3 is 2.67 bits per heavy atom. The number of nitrogens with one attached hydrogen (secondary N) is 1. The zero-order valence-electron chi connectivity index (χ0n) is 11.6. The van der Waals surface area contributed by atoms with Gasteiger partial charge in [0.25, 0.3) is 5.69 Å². The summed E-state index contributed by atoms with van der Waals surface area (Å²) in [6.45, 7) is 3.47. The van der Waals surface area contributed by atoms with Crippen molar-refractivity contribution < 1.29 is 9.31 Å². The van der Waals surface area contributed by atoms with Crippen LogP contribution in [0.15, 0.2) is 40.9 Å². The van der Waals surface area contributed by atoms with E-state index in [0.29, 0.717) is 11.3 Å². The molecule has 0 aliphatic heterocycles. The van der Waals surface area contributed by atoms with Gasteiger partial charge in [0.15, 0.2) is 0 Å². The Labute approximate surface area is 130 Å². The van der Waals surface area contributed by atoms with Crippen molar-refractivity contribution in [2.24, 2.45) is 0 Å². The van der Waals surface area contributed by atoms with E-state index < -0.39 is 10.7 Å². The normalized spacial score (nSPS) is 12.0. The lowest BCUT2D eigenvalue weighted by Gasteiger charge is -2.16. The number of rotatable bonds is 4. The molecule has 0 aliphatic carbocycles. The third-order valence-corrected chi connectivity index (χ3v) is 3.69. The van der Waals surface area contributed by atoms with E-state index in [1.807, 2.05) is 31.2 Å². The fourth-order valence-electron chi connectivity index (χ4n) is 2.03. The fraction of sp³-hybridized carbons (Fsp3) is 0.200. The summed E-state index contributed by atoms with van der Waals surface area (Å²) in [5.74, 6) is -0.581. The van der Waals surface area contributed by atoms with Gasteiger partial charge in [-0.1, -0.05) is 28.1 Å². The van der Waals surface area contributed by atoms with E-state index in [9.17, 15) is 14.5 Å². The van der Waals surface area contributed by atoms with Crippen LogP contribution in [0.5, 0.6) is 0 Å². The van der Waals surface area contributed by atoms with Gasteiger partial charge in [-0.25, -0.2) is 4.39 Å². The summed E-state index contributed by atoms with van der Waals surface area (Å²) >= 11 is 3.39. The molecule has 2 aromatic rings. The van der Waals surface area contributed by atoms with E-state index in [1.54, 1.807) is 6.92 Å². The Morgan fingerprint density at radius 1 is 1.33 bits per heavy atom. The Morgan fingerprint density at radius 2 is 2.05 bits per heavy atom. The highest BCUT2D eigenvalue weighted by Gasteiger charge is 2.19. The number of nitro groups is 1. The number of hydrogen-bond donors (Lipinski definition) is 1. The van der Waals surface area contributed by atoms with Gasteiger partial charge in [0, 0.05) is 10.5 Å². The third-order valence-electron chi connectivity index (χ3n) is 3.19. The van der Waals surface area contributed by atoms with E-state index in [2.05, 4.69) is 21.2 Å². The number of aryl methyl sites for hydroxylation is 1. The van der Waals surface area contributed by atoms with Crippen molar-refractivity contribution in [3.63, 3.8) is 0 Å². The van der Waals surface area contributed by atoms with Crippen LogP contribution in [0.3, 0.4) is 0 Å². The lowest BCUT2D eigenvalue weighted by Crippen LogP contribution is -2.09. The molecule has 2 rings (SSSR count). The number of benzene rings is 2. The third kappa shape index (κ3) is 3.58. The molecule has 0 radical (unpaired) electrons. The van der Waals surface area contributed by atoms with Gasteiger partial charge >= 0.3 is 0 Å². The predicted molar refractivity (Wildman–Crippen MR) is 84.0 cm³/mol. The second-order valence-corrected chi connectivity index (χ2v) is 5.71. The van der Waals surface area contributed by atoms with Crippen LogP contribution in [-0.4, -0.2) is 4.92 Å². The summed E-state index contributed by atoms with van der Waals surface area (Å²) in [6.07, 6.45) is 0. The maximum atomic E-state index is 13.5. The van der Waals surface area contributed by atoms with Crippen LogP contribution in [0, 0.1) is 22.9 Å². The first-order chi connectivity index (χ1) is 9.88. The minimum absolute atomic E-state index is 0.147. The van der Waals surface area contributed by atoms with Crippen LogP contribution in [0.4, 0.5) is 15.8 Å². The summed E-state index contributed by atoms with van der Waals surface area (Å²) in [6, 6.07) is 9.91. The highest BCUT2D eigenvalue weighted by atomic mass is 79.9. The molecule has 4 nitrogen and oxygen atoms in total. The summed E-state index contributed by atoms with van der Waals surface area (Å²) in [7, 11) is 0. The molecule has 21 heavy (non-hydrogen) atoms.